The van der Waals surface area contributed by atoms with Crippen molar-refractivity contribution in [1.82, 2.24) is 9.97 Å². The monoisotopic (exact) mass is 474 g/mol. The minimum Gasteiger partial charge on any atom is -0.463 e. The van der Waals surface area contributed by atoms with Gasteiger partial charge < -0.3 is 15.2 Å². The van der Waals surface area contributed by atoms with Crippen LogP contribution in [0.15, 0.2) is 29.5 Å². The van der Waals surface area contributed by atoms with Gasteiger partial charge in [-0.1, -0.05) is 17.7 Å². The lowest BCUT2D eigenvalue weighted by atomic mass is 9.84. The molecule has 3 atom stereocenters. The van der Waals surface area contributed by atoms with E-state index in [0.29, 0.717) is 13.0 Å². The molecule has 0 bridgehead atoms. The van der Waals surface area contributed by atoms with Crippen molar-refractivity contribution in [2.24, 2.45) is 16.6 Å². The molecule has 2 N–H and O–H groups in total. The molecule has 10 heteroatoms. The number of hydrogen-bond acceptors (Lipinski definition) is 7. The summed E-state index contributed by atoms with van der Waals surface area (Å²) in [5.41, 5.74) is 4.95. The van der Waals surface area contributed by atoms with Gasteiger partial charge in [0.1, 0.15) is 5.69 Å². The maximum absolute atomic E-state index is 15.0. The molecule has 6 nitrogen and oxygen atoms in total. The van der Waals surface area contributed by atoms with Crippen molar-refractivity contribution in [1.29, 1.82) is 0 Å². The Labute approximate surface area is 193 Å². The topological polar surface area (TPSA) is 82.6 Å². The second kappa shape index (κ2) is 8.72. The zero-order valence-electron chi connectivity index (χ0n) is 17.9. The van der Waals surface area contributed by atoms with E-state index in [2.05, 4.69) is 20.9 Å². The lowest BCUT2D eigenvalue weighted by molar-refractivity contribution is 0.184. The van der Waals surface area contributed by atoms with E-state index >= 15 is 0 Å². The molecule has 1 aromatic carbocycles. The number of hydrogen-bond donors (Lipinski definition) is 1. The number of rotatable bonds is 7. The third kappa shape index (κ3) is 4.30. The fraction of sp³-hybridized carbons (Fsp3) is 0.348. The molecule has 1 aliphatic carbocycles. The second-order valence-corrected chi connectivity index (χ2v) is 9.48. The zero-order chi connectivity index (χ0) is 23.8. The molecular formula is C23H21F3N4O2S. The number of thioether (sulfide) groups is 1. The van der Waals surface area contributed by atoms with E-state index in [1.54, 1.807) is 14.0 Å². The molecule has 1 aromatic heterocycles. The zero-order valence-corrected chi connectivity index (χ0v) is 18.8. The van der Waals surface area contributed by atoms with Crippen molar-refractivity contribution in [3.63, 3.8) is 0 Å². The van der Waals surface area contributed by atoms with Crippen LogP contribution in [0.5, 0.6) is 5.88 Å². The van der Waals surface area contributed by atoms with Crippen molar-refractivity contribution in [2.75, 3.05) is 20.3 Å². The first-order chi connectivity index (χ1) is 15.7. The van der Waals surface area contributed by atoms with Crippen LogP contribution >= 0.6 is 11.8 Å². The lowest BCUT2D eigenvalue weighted by Gasteiger charge is -2.34. The number of fused-ring (bicyclic) bond motifs is 1. The van der Waals surface area contributed by atoms with Crippen molar-refractivity contribution >= 4 is 28.8 Å². The first-order valence-corrected chi connectivity index (χ1v) is 10.8. The van der Waals surface area contributed by atoms with Crippen LogP contribution in [0.3, 0.4) is 0 Å². The summed E-state index contributed by atoms with van der Waals surface area (Å²) in [6.45, 7) is 2.12. The summed E-state index contributed by atoms with van der Waals surface area (Å²) in [6.07, 6.45) is 9.23. The average Bonchev–Trinajstić information content (AvgIpc) is 3.49. The van der Waals surface area contributed by atoms with Crippen LogP contribution in [-0.2, 0) is 10.3 Å². The van der Waals surface area contributed by atoms with Crippen molar-refractivity contribution in [3.8, 4) is 18.2 Å². The fourth-order valence-corrected chi connectivity index (χ4v) is 5.69. The number of aliphatic imine (C=N–C) groups is 1. The number of nitrogens with two attached hydrogens (primary N) is 1. The summed E-state index contributed by atoms with van der Waals surface area (Å²) in [4.78, 5) is 12.3. The Morgan fingerprint density at radius 2 is 2.15 bits per heavy atom. The van der Waals surface area contributed by atoms with Crippen LogP contribution in [-0.4, -0.2) is 40.2 Å². The molecule has 172 valence electrons. The van der Waals surface area contributed by atoms with Gasteiger partial charge in [0.15, 0.2) is 29.2 Å². The number of nitrogens with zero attached hydrogens (tertiary/aromatic N) is 3. The maximum Gasteiger partial charge on any atom is 0.233 e. The van der Waals surface area contributed by atoms with Gasteiger partial charge in [0.05, 0.1) is 29.3 Å². The summed E-state index contributed by atoms with van der Waals surface area (Å²) in [5.74, 6) is -0.613. The van der Waals surface area contributed by atoms with E-state index in [9.17, 15) is 13.2 Å². The Hall–Kier alpha value is -3.03. The lowest BCUT2D eigenvalue weighted by Crippen LogP contribution is -2.37. The molecule has 0 unspecified atom stereocenters. The normalized spacial score (nSPS) is 26.2. The molecule has 2 aliphatic rings. The molecule has 0 amide bonds. The fourth-order valence-electron chi connectivity index (χ4n) is 4.24. The van der Waals surface area contributed by atoms with Crippen LogP contribution < -0.4 is 10.5 Å². The number of aromatic nitrogens is 2. The standard InChI is InChI=1S/C23H21F3N4O2S/c1-4-5-32-19-11-28-17(10-29-19)15(24)7-13-6-14(20(26)16(25)8-13)22(2)18-9-23(18,12-31-3)33-21(27)30-22/h1,6-8,10-11,18H,5,9,12H2,2-3H3,(H2,27,30)/b15-7-/t18-,22+,23+/m0/s1. The summed E-state index contributed by atoms with van der Waals surface area (Å²) in [5, 5.41) is 0.276. The quantitative estimate of drug-likeness (QED) is 0.613. The van der Waals surface area contributed by atoms with Gasteiger partial charge in [0.2, 0.25) is 5.88 Å². The molecule has 4 rings (SSSR count). The largest absolute Gasteiger partial charge is 0.463 e. The minimum atomic E-state index is -1.12. The van der Waals surface area contributed by atoms with Gasteiger partial charge in [-0.15, -0.1) is 6.42 Å². The molecule has 2 aromatic rings. The maximum atomic E-state index is 15.0. The number of amidine groups is 1. The molecule has 1 fully saturated rings. The Balaban J connectivity index is 1.68. The van der Waals surface area contributed by atoms with E-state index in [1.807, 2.05) is 0 Å². The Morgan fingerprint density at radius 1 is 1.36 bits per heavy atom. The van der Waals surface area contributed by atoms with Gasteiger partial charge in [-0.25, -0.2) is 23.1 Å². The molecule has 0 spiro atoms. The van der Waals surface area contributed by atoms with E-state index in [0.717, 1.165) is 18.3 Å². The number of benzene rings is 1. The van der Waals surface area contributed by atoms with Crippen LogP contribution in [0.25, 0.3) is 11.9 Å². The number of ether oxygens (including phenoxy) is 2. The van der Waals surface area contributed by atoms with Crippen molar-refractivity contribution in [2.45, 2.75) is 23.6 Å². The SMILES string of the molecule is C#CCOc1cnc(/C(F)=C/c2cc(F)c(F)c([C@@]3(C)N=C(N)S[C@@]4(COC)C[C@H]43)c2)cn1. The van der Waals surface area contributed by atoms with Gasteiger partial charge in [-0.2, -0.15) is 0 Å². The number of halogens is 3. The molecule has 2 heterocycles. The molecule has 0 radical (unpaired) electrons. The summed E-state index contributed by atoms with van der Waals surface area (Å²) in [7, 11) is 1.58. The minimum absolute atomic E-state index is 0.000905. The predicted molar refractivity (Wildman–Crippen MR) is 121 cm³/mol. The van der Waals surface area contributed by atoms with Gasteiger partial charge >= 0.3 is 0 Å². The number of terminal acetylenes is 1. The predicted octanol–water partition coefficient (Wildman–Crippen LogP) is 3.92. The third-order valence-corrected chi connectivity index (χ3v) is 7.08. The highest BCUT2D eigenvalue weighted by atomic mass is 32.2. The second-order valence-electron chi connectivity index (χ2n) is 8.04. The highest BCUT2D eigenvalue weighted by Crippen LogP contribution is 2.66. The van der Waals surface area contributed by atoms with Crippen LogP contribution in [0, 0.1) is 29.9 Å². The summed E-state index contributed by atoms with van der Waals surface area (Å²) >= 11 is 1.39. The smallest absolute Gasteiger partial charge is 0.233 e. The third-order valence-electron chi connectivity index (χ3n) is 5.81. The average molecular weight is 475 g/mol. The molecule has 33 heavy (non-hydrogen) atoms. The highest BCUT2D eigenvalue weighted by molar-refractivity contribution is 8.15. The highest BCUT2D eigenvalue weighted by Gasteiger charge is 2.66. The molecule has 0 saturated heterocycles. The number of methoxy groups -OCH3 is 1. The van der Waals surface area contributed by atoms with E-state index < -0.39 is 23.0 Å². The Morgan fingerprint density at radius 3 is 2.82 bits per heavy atom. The Bertz CT molecular complexity index is 1180. The van der Waals surface area contributed by atoms with Gasteiger partial charge in [-0.05, 0) is 37.1 Å². The summed E-state index contributed by atoms with van der Waals surface area (Å²) in [6, 6.07) is 2.30. The van der Waals surface area contributed by atoms with Crippen LogP contribution in [0.4, 0.5) is 13.2 Å². The van der Waals surface area contributed by atoms with Crippen LogP contribution in [0.2, 0.25) is 0 Å². The van der Waals surface area contributed by atoms with Crippen molar-refractivity contribution < 1.29 is 22.6 Å². The first-order valence-electron chi connectivity index (χ1n) is 10.0. The summed E-state index contributed by atoms with van der Waals surface area (Å²) < 4.78 is 54.4. The van der Waals surface area contributed by atoms with Gasteiger partial charge in [0, 0.05) is 18.6 Å². The van der Waals surface area contributed by atoms with Crippen LogP contribution in [0.1, 0.15) is 30.2 Å². The Kier molecular flexibility index (Phi) is 6.12. The molecule has 1 aliphatic heterocycles. The van der Waals surface area contributed by atoms with E-state index in [4.69, 9.17) is 21.6 Å². The molecule has 1 saturated carbocycles. The first kappa shape index (κ1) is 23.1. The van der Waals surface area contributed by atoms with E-state index in [-0.39, 0.29) is 45.1 Å². The molecular weight excluding hydrogens is 453 g/mol. The van der Waals surface area contributed by atoms with Gasteiger partial charge in [-0.3, -0.25) is 4.99 Å². The van der Waals surface area contributed by atoms with E-state index in [1.165, 1.54) is 24.0 Å². The van der Waals surface area contributed by atoms with Gasteiger partial charge in [0.25, 0.3) is 0 Å². The van der Waals surface area contributed by atoms with Crippen molar-refractivity contribution in [3.05, 3.63) is 53.0 Å².